The molecule has 4 N–H and O–H groups in total. The van der Waals surface area contributed by atoms with E-state index in [2.05, 4.69) is 20.6 Å². The van der Waals surface area contributed by atoms with Crippen LogP contribution in [0.5, 0.6) is 5.75 Å². The van der Waals surface area contributed by atoms with Gasteiger partial charge in [-0.1, -0.05) is 6.07 Å². The van der Waals surface area contributed by atoms with Gasteiger partial charge in [-0.2, -0.15) is 0 Å². The van der Waals surface area contributed by atoms with Crippen LogP contribution in [0.2, 0.25) is 0 Å². The van der Waals surface area contributed by atoms with Gasteiger partial charge < -0.3 is 21.1 Å². The molecule has 154 valence electrons. The molecule has 30 heavy (non-hydrogen) atoms. The molecule has 3 aromatic rings. The summed E-state index contributed by atoms with van der Waals surface area (Å²) in [5, 5.41) is 5.61. The summed E-state index contributed by atoms with van der Waals surface area (Å²) in [6.45, 7) is 1.33. The van der Waals surface area contributed by atoms with Crippen LogP contribution in [0.15, 0.2) is 42.7 Å². The highest BCUT2D eigenvalue weighted by molar-refractivity contribution is 6.07. The van der Waals surface area contributed by atoms with E-state index in [1.54, 1.807) is 6.07 Å². The van der Waals surface area contributed by atoms with Crippen LogP contribution in [-0.4, -0.2) is 35.1 Å². The van der Waals surface area contributed by atoms with Gasteiger partial charge in [0.25, 0.3) is 5.91 Å². The molecular formula is C20H16F3N5O2. The van der Waals surface area contributed by atoms with Crippen molar-refractivity contribution in [3.63, 3.8) is 0 Å². The van der Waals surface area contributed by atoms with E-state index in [-0.39, 0.29) is 17.5 Å². The van der Waals surface area contributed by atoms with Gasteiger partial charge in [-0.05, 0) is 12.1 Å². The number of anilines is 2. The van der Waals surface area contributed by atoms with Crippen molar-refractivity contribution in [2.45, 2.75) is 6.10 Å². The third-order valence-electron chi connectivity index (χ3n) is 4.49. The Morgan fingerprint density at radius 1 is 1.17 bits per heavy atom. The number of hydrogen-bond donors (Lipinski definition) is 3. The maximum absolute atomic E-state index is 14.4. The van der Waals surface area contributed by atoms with E-state index in [0.29, 0.717) is 18.8 Å². The third kappa shape index (κ3) is 3.77. The normalized spacial score (nSPS) is 13.6. The van der Waals surface area contributed by atoms with Gasteiger partial charge in [-0.3, -0.25) is 9.78 Å². The Morgan fingerprint density at radius 3 is 2.57 bits per heavy atom. The molecule has 1 saturated heterocycles. The summed E-state index contributed by atoms with van der Waals surface area (Å²) in [4.78, 5) is 20.5. The second kappa shape index (κ2) is 7.99. The molecule has 1 aromatic carbocycles. The van der Waals surface area contributed by atoms with Gasteiger partial charge in [0, 0.05) is 31.4 Å². The van der Waals surface area contributed by atoms with Gasteiger partial charge in [0.2, 0.25) is 0 Å². The average Bonchev–Trinajstić information content (AvgIpc) is 2.67. The largest absolute Gasteiger partial charge is 0.485 e. The summed E-state index contributed by atoms with van der Waals surface area (Å²) in [6.07, 6.45) is 2.82. The van der Waals surface area contributed by atoms with Crippen LogP contribution < -0.4 is 21.1 Å². The monoisotopic (exact) mass is 415 g/mol. The SMILES string of the molecule is Nc1cc(F)c(-c2c(F)cccc2F)nc1C(=O)Nc1cnccc1OC1CNC1. The number of nitrogens with one attached hydrogen (secondary N) is 2. The van der Waals surface area contributed by atoms with Crippen LogP contribution >= 0.6 is 0 Å². The van der Waals surface area contributed by atoms with Crippen LogP contribution in [0, 0.1) is 17.5 Å². The molecule has 2 aromatic heterocycles. The summed E-state index contributed by atoms with van der Waals surface area (Å²) in [5.74, 6) is -3.53. The minimum Gasteiger partial charge on any atom is -0.485 e. The zero-order valence-electron chi connectivity index (χ0n) is 15.5. The molecule has 0 unspecified atom stereocenters. The number of carbonyl (C=O) groups is 1. The smallest absolute Gasteiger partial charge is 0.276 e. The van der Waals surface area contributed by atoms with E-state index in [1.165, 1.54) is 12.4 Å². The van der Waals surface area contributed by atoms with Crippen LogP contribution in [0.3, 0.4) is 0 Å². The first-order valence-electron chi connectivity index (χ1n) is 8.97. The molecule has 1 fully saturated rings. The minimum absolute atomic E-state index is 0.0484. The number of benzene rings is 1. The van der Waals surface area contributed by atoms with E-state index in [1.807, 2.05) is 0 Å². The van der Waals surface area contributed by atoms with Crippen molar-refractivity contribution in [3.8, 4) is 17.0 Å². The fraction of sp³-hybridized carbons (Fsp3) is 0.150. The van der Waals surface area contributed by atoms with E-state index < -0.39 is 40.3 Å². The second-order valence-electron chi connectivity index (χ2n) is 6.58. The average molecular weight is 415 g/mol. The number of nitrogens with two attached hydrogens (primary N) is 1. The summed E-state index contributed by atoms with van der Waals surface area (Å²) >= 11 is 0. The van der Waals surface area contributed by atoms with Crippen LogP contribution in [-0.2, 0) is 0 Å². The molecule has 10 heteroatoms. The van der Waals surface area contributed by atoms with Gasteiger partial charge in [0.1, 0.15) is 34.9 Å². The van der Waals surface area contributed by atoms with Crippen molar-refractivity contribution in [3.05, 3.63) is 65.9 Å². The number of ether oxygens (including phenoxy) is 1. The predicted octanol–water partition coefficient (Wildman–Crippen LogP) is 2.75. The molecule has 1 aliphatic rings. The Kier molecular flexibility index (Phi) is 5.23. The highest BCUT2D eigenvalue weighted by atomic mass is 19.1. The maximum atomic E-state index is 14.4. The Labute approximate surface area is 169 Å². The van der Waals surface area contributed by atoms with Crippen molar-refractivity contribution in [2.24, 2.45) is 0 Å². The standard InChI is InChI=1S/C20H16F3N5O2/c21-11-2-1-3-12(22)17(11)18-13(23)6-14(24)19(28-18)20(29)27-15-9-25-5-4-16(15)30-10-7-26-8-10/h1-6,9-10,26H,7-8,24H2,(H,27,29). The molecule has 1 aliphatic heterocycles. The number of nitrogens with zero attached hydrogens (tertiary/aromatic N) is 2. The Morgan fingerprint density at radius 2 is 1.90 bits per heavy atom. The molecule has 1 amide bonds. The fourth-order valence-electron chi connectivity index (χ4n) is 2.87. The van der Waals surface area contributed by atoms with Gasteiger partial charge >= 0.3 is 0 Å². The summed E-state index contributed by atoms with van der Waals surface area (Å²) in [7, 11) is 0. The van der Waals surface area contributed by atoms with Crippen LogP contribution in [0.1, 0.15) is 10.5 Å². The number of rotatable bonds is 5. The fourth-order valence-corrected chi connectivity index (χ4v) is 2.87. The Balaban J connectivity index is 1.67. The molecule has 0 spiro atoms. The number of nitrogen functional groups attached to an aromatic ring is 1. The number of halogens is 3. The molecule has 4 rings (SSSR count). The lowest BCUT2D eigenvalue weighted by Gasteiger charge is -2.28. The lowest BCUT2D eigenvalue weighted by molar-refractivity contribution is 0.102. The van der Waals surface area contributed by atoms with Crippen LogP contribution in [0.25, 0.3) is 11.3 Å². The summed E-state index contributed by atoms with van der Waals surface area (Å²) in [6, 6.07) is 5.44. The van der Waals surface area contributed by atoms with Gasteiger partial charge in [-0.15, -0.1) is 0 Å². The van der Waals surface area contributed by atoms with Gasteiger partial charge in [0.15, 0.2) is 11.5 Å². The van der Waals surface area contributed by atoms with E-state index >= 15 is 0 Å². The number of aromatic nitrogens is 2. The summed E-state index contributed by atoms with van der Waals surface area (Å²) in [5.41, 5.74) is 3.96. The highest BCUT2D eigenvalue weighted by Gasteiger charge is 2.24. The molecule has 0 atom stereocenters. The zero-order chi connectivity index (χ0) is 21.3. The molecule has 3 heterocycles. The molecule has 0 bridgehead atoms. The van der Waals surface area contributed by atoms with Crippen molar-refractivity contribution >= 4 is 17.3 Å². The lowest BCUT2D eigenvalue weighted by atomic mass is 10.1. The first-order chi connectivity index (χ1) is 14.4. The van der Waals surface area contributed by atoms with Crippen LogP contribution in [0.4, 0.5) is 24.5 Å². The molecule has 0 radical (unpaired) electrons. The van der Waals surface area contributed by atoms with Crippen molar-refractivity contribution in [1.29, 1.82) is 0 Å². The topological polar surface area (TPSA) is 102 Å². The van der Waals surface area contributed by atoms with Gasteiger partial charge in [-0.25, -0.2) is 18.2 Å². The van der Waals surface area contributed by atoms with Gasteiger partial charge in [0.05, 0.1) is 17.4 Å². The van der Waals surface area contributed by atoms with E-state index in [4.69, 9.17) is 10.5 Å². The summed E-state index contributed by atoms with van der Waals surface area (Å²) < 4.78 is 48.3. The van der Waals surface area contributed by atoms with Crippen molar-refractivity contribution in [1.82, 2.24) is 15.3 Å². The maximum Gasteiger partial charge on any atom is 0.276 e. The number of hydrogen-bond acceptors (Lipinski definition) is 6. The van der Waals surface area contributed by atoms with Crippen molar-refractivity contribution < 1.29 is 22.7 Å². The Bertz CT molecular complexity index is 1100. The minimum atomic E-state index is -1.06. The number of carbonyl (C=O) groups excluding carboxylic acids is 1. The lowest BCUT2D eigenvalue weighted by Crippen LogP contribution is -2.50. The molecular weight excluding hydrogens is 399 g/mol. The third-order valence-corrected chi connectivity index (χ3v) is 4.49. The first kappa shape index (κ1) is 19.6. The van der Waals surface area contributed by atoms with E-state index in [0.717, 1.165) is 24.3 Å². The Hall–Kier alpha value is -3.66. The quantitative estimate of drug-likeness (QED) is 0.592. The molecule has 0 aliphatic carbocycles. The second-order valence-corrected chi connectivity index (χ2v) is 6.58. The predicted molar refractivity (Wildman–Crippen MR) is 103 cm³/mol. The van der Waals surface area contributed by atoms with E-state index in [9.17, 15) is 18.0 Å². The number of amides is 1. The number of pyridine rings is 2. The first-order valence-corrected chi connectivity index (χ1v) is 8.97. The molecule has 7 nitrogen and oxygen atoms in total. The molecule has 0 saturated carbocycles. The highest BCUT2D eigenvalue weighted by Crippen LogP contribution is 2.30. The zero-order valence-corrected chi connectivity index (χ0v) is 15.5. The van der Waals surface area contributed by atoms with Crippen molar-refractivity contribution in [2.75, 3.05) is 24.1 Å².